The summed E-state index contributed by atoms with van der Waals surface area (Å²) in [5.74, 6) is -2.18. The van der Waals surface area contributed by atoms with Crippen LogP contribution in [0.1, 0.15) is 31.1 Å². The van der Waals surface area contributed by atoms with Crippen molar-refractivity contribution in [2.45, 2.75) is 26.4 Å². The normalized spacial score (nSPS) is 11.4. The molecule has 7 nitrogen and oxygen atoms in total. The second-order valence-corrected chi connectivity index (χ2v) is 8.54. The van der Waals surface area contributed by atoms with Crippen molar-refractivity contribution in [2.24, 2.45) is 0 Å². The molecule has 0 spiro atoms. The number of benzene rings is 2. The van der Waals surface area contributed by atoms with Crippen LogP contribution in [0.5, 0.6) is 5.75 Å². The standard InChI is InChI=1S/C22H19Cl2NO6/c1-22(2,3)31-17(26)10-25-20(28)18-19(27)13-6-4-12(9-16(13)30-21(18)29)11-5-7-14(23)15(24)8-11/h4-9,27H,10H2,1-3H3,(H,25,28). The van der Waals surface area contributed by atoms with Crippen LogP contribution in [-0.2, 0) is 9.53 Å². The van der Waals surface area contributed by atoms with E-state index in [0.29, 0.717) is 15.6 Å². The van der Waals surface area contributed by atoms with Crippen molar-refractivity contribution >= 4 is 46.0 Å². The van der Waals surface area contributed by atoms with Crippen molar-refractivity contribution in [3.63, 3.8) is 0 Å². The van der Waals surface area contributed by atoms with E-state index in [4.69, 9.17) is 32.4 Å². The van der Waals surface area contributed by atoms with Crippen molar-refractivity contribution in [1.82, 2.24) is 5.32 Å². The summed E-state index contributed by atoms with van der Waals surface area (Å²) in [6.07, 6.45) is 0. The smallest absolute Gasteiger partial charge is 0.353 e. The van der Waals surface area contributed by atoms with Gasteiger partial charge in [0.05, 0.1) is 15.4 Å². The molecular weight excluding hydrogens is 445 g/mol. The van der Waals surface area contributed by atoms with Gasteiger partial charge in [0, 0.05) is 0 Å². The van der Waals surface area contributed by atoms with Gasteiger partial charge in [0.25, 0.3) is 5.91 Å². The Labute approximate surface area is 187 Å². The molecule has 162 valence electrons. The zero-order valence-corrected chi connectivity index (χ0v) is 18.4. The second kappa shape index (κ2) is 8.61. The Kier molecular flexibility index (Phi) is 6.29. The lowest BCUT2D eigenvalue weighted by Gasteiger charge is -2.19. The number of halogens is 2. The molecule has 0 saturated heterocycles. The maximum atomic E-state index is 12.4. The van der Waals surface area contributed by atoms with Crippen LogP contribution in [0.4, 0.5) is 0 Å². The van der Waals surface area contributed by atoms with Gasteiger partial charge in [-0.15, -0.1) is 0 Å². The average molecular weight is 464 g/mol. The summed E-state index contributed by atoms with van der Waals surface area (Å²) in [7, 11) is 0. The molecule has 2 aromatic carbocycles. The summed E-state index contributed by atoms with van der Waals surface area (Å²) in [5.41, 5.74) is -0.905. The number of hydrogen-bond acceptors (Lipinski definition) is 6. The molecule has 0 fully saturated rings. The largest absolute Gasteiger partial charge is 0.506 e. The van der Waals surface area contributed by atoms with Crippen LogP contribution in [0.3, 0.4) is 0 Å². The Morgan fingerprint density at radius 1 is 1.06 bits per heavy atom. The third-order valence-electron chi connectivity index (χ3n) is 4.17. The molecule has 0 saturated carbocycles. The molecule has 0 aliphatic carbocycles. The summed E-state index contributed by atoms with van der Waals surface area (Å²) in [5, 5.41) is 13.7. The van der Waals surface area contributed by atoms with Gasteiger partial charge in [0.15, 0.2) is 5.56 Å². The number of esters is 1. The minimum Gasteiger partial charge on any atom is -0.506 e. The molecule has 3 aromatic rings. The highest BCUT2D eigenvalue weighted by molar-refractivity contribution is 6.42. The predicted molar refractivity (Wildman–Crippen MR) is 118 cm³/mol. The fourth-order valence-electron chi connectivity index (χ4n) is 2.86. The monoisotopic (exact) mass is 463 g/mol. The summed E-state index contributed by atoms with van der Waals surface area (Å²) < 4.78 is 10.3. The third-order valence-corrected chi connectivity index (χ3v) is 4.91. The van der Waals surface area contributed by atoms with E-state index >= 15 is 0 Å². The minimum absolute atomic E-state index is 0.0785. The van der Waals surface area contributed by atoms with Crippen LogP contribution < -0.4 is 10.9 Å². The van der Waals surface area contributed by atoms with E-state index in [0.717, 1.165) is 5.56 Å². The number of nitrogens with one attached hydrogen (secondary N) is 1. The van der Waals surface area contributed by atoms with E-state index in [1.807, 2.05) is 0 Å². The molecule has 9 heteroatoms. The van der Waals surface area contributed by atoms with Crippen LogP contribution in [0.25, 0.3) is 22.1 Å². The molecule has 1 amide bonds. The Balaban J connectivity index is 1.91. The van der Waals surface area contributed by atoms with Gasteiger partial charge in [-0.3, -0.25) is 9.59 Å². The quantitative estimate of drug-likeness (QED) is 0.434. The molecule has 0 bridgehead atoms. The van der Waals surface area contributed by atoms with E-state index in [1.165, 1.54) is 6.07 Å². The van der Waals surface area contributed by atoms with Gasteiger partial charge in [0.2, 0.25) is 0 Å². The maximum absolute atomic E-state index is 12.4. The van der Waals surface area contributed by atoms with E-state index in [1.54, 1.807) is 51.1 Å². The highest BCUT2D eigenvalue weighted by atomic mass is 35.5. The summed E-state index contributed by atoms with van der Waals surface area (Å²) >= 11 is 12.0. The number of amides is 1. The van der Waals surface area contributed by atoms with Gasteiger partial charge in [0.1, 0.15) is 23.5 Å². The van der Waals surface area contributed by atoms with Crippen molar-refractivity contribution < 1.29 is 23.8 Å². The first-order chi connectivity index (χ1) is 14.5. The Bertz CT molecular complexity index is 1240. The number of carbonyl (C=O) groups is 2. The van der Waals surface area contributed by atoms with Gasteiger partial charge in [-0.2, -0.15) is 0 Å². The van der Waals surface area contributed by atoms with Crippen molar-refractivity contribution in [3.05, 3.63) is 62.4 Å². The van der Waals surface area contributed by atoms with Gasteiger partial charge in [-0.25, -0.2) is 4.79 Å². The van der Waals surface area contributed by atoms with Crippen molar-refractivity contribution in [1.29, 1.82) is 0 Å². The lowest BCUT2D eigenvalue weighted by Crippen LogP contribution is -2.36. The van der Waals surface area contributed by atoms with Crippen molar-refractivity contribution in [2.75, 3.05) is 6.54 Å². The number of hydrogen-bond donors (Lipinski definition) is 2. The lowest BCUT2D eigenvalue weighted by molar-refractivity contribution is -0.153. The topological polar surface area (TPSA) is 106 Å². The van der Waals surface area contributed by atoms with E-state index in [9.17, 15) is 19.5 Å². The zero-order chi connectivity index (χ0) is 22.9. The molecule has 31 heavy (non-hydrogen) atoms. The molecule has 0 radical (unpaired) electrons. The fourth-order valence-corrected chi connectivity index (χ4v) is 3.16. The molecule has 0 atom stereocenters. The lowest BCUT2D eigenvalue weighted by atomic mass is 10.0. The SMILES string of the molecule is CC(C)(C)OC(=O)CNC(=O)c1c(O)c2ccc(-c3ccc(Cl)c(Cl)c3)cc2oc1=O. The molecule has 1 aromatic heterocycles. The number of fused-ring (bicyclic) bond motifs is 1. The maximum Gasteiger partial charge on any atom is 0.353 e. The Morgan fingerprint density at radius 2 is 1.71 bits per heavy atom. The second-order valence-electron chi connectivity index (χ2n) is 7.72. The first-order valence-electron chi connectivity index (χ1n) is 9.21. The molecule has 0 unspecified atom stereocenters. The summed E-state index contributed by atoms with van der Waals surface area (Å²) in [4.78, 5) is 36.5. The highest BCUT2D eigenvalue weighted by Crippen LogP contribution is 2.33. The van der Waals surface area contributed by atoms with Crippen LogP contribution in [0, 0.1) is 0 Å². The van der Waals surface area contributed by atoms with E-state index < -0.39 is 41.0 Å². The Hall–Kier alpha value is -3.03. The predicted octanol–water partition coefficient (Wildman–Crippen LogP) is 4.54. The van der Waals surface area contributed by atoms with Gasteiger partial charge in [-0.1, -0.05) is 35.3 Å². The van der Waals surface area contributed by atoms with Crippen LogP contribution >= 0.6 is 23.2 Å². The average Bonchev–Trinajstić information content (AvgIpc) is 2.66. The van der Waals surface area contributed by atoms with E-state index in [-0.39, 0.29) is 11.0 Å². The van der Waals surface area contributed by atoms with Crippen LogP contribution in [-0.4, -0.2) is 29.1 Å². The van der Waals surface area contributed by atoms with Gasteiger partial charge in [-0.05, 0) is 56.2 Å². The van der Waals surface area contributed by atoms with Crippen LogP contribution in [0.2, 0.25) is 10.0 Å². The van der Waals surface area contributed by atoms with Crippen LogP contribution in [0.15, 0.2) is 45.6 Å². The molecular formula is C22H19Cl2NO6. The van der Waals surface area contributed by atoms with E-state index in [2.05, 4.69) is 5.32 Å². The Morgan fingerprint density at radius 3 is 2.35 bits per heavy atom. The van der Waals surface area contributed by atoms with Gasteiger partial charge < -0.3 is 19.6 Å². The zero-order valence-electron chi connectivity index (χ0n) is 16.9. The minimum atomic E-state index is -1.04. The third kappa shape index (κ3) is 5.18. The number of aromatic hydroxyl groups is 1. The summed E-state index contributed by atoms with van der Waals surface area (Å²) in [6.45, 7) is 4.58. The molecule has 3 rings (SSSR count). The number of rotatable bonds is 4. The first kappa shape index (κ1) is 22.7. The highest BCUT2D eigenvalue weighted by Gasteiger charge is 2.23. The molecule has 1 heterocycles. The number of ether oxygens (including phenoxy) is 1. The first-order valence-corrected chi connectivity index (χ1v) is 9.97. The van der Waals surface area contributed by atoms with Gasteiger partial charge >= 0.3 is 11.6 Å². The summed E-state index contributed by atoms with van der Waals surface area (Å²) in [6, 6.07) is 9.75. The fraction of sp³-hybridized carbons (Fsp3) is 0.227. The van der Waals surface area contributed by atoms with Crippen molar-refractivity contribution in [3.8, 4) is 16.9 Å². The molecule has 2 N–H and O–H groups in total. The number of carbonyl (C=O) groups excluding carboxylic acids is 2. The molecule has 0 aliphatic heterocycles. The molecule has 0 aliphatic rings.